The van der Waals surface area contributed by atoms with Gasteiger partial charge in [0.25, 0.3) is 0 Å². The Morgan fingerprint density at radius 3 is 2.62 bits per heavy atom. The first-order valence-corrected chi connectivity index (χ1v) is 5.11. The van der Waals surface area contributed by atoms with Gasteiger partial charge in [-0.2, -0.15) is 0 Å². The molecule has 0 radical (unpaired) electrons. The van der Waals surface area contributed by atoms with Crippen LogP contribution in [0.1, 0.15) is 29.8 Å². The molecule has 1 aromatic carbocycles. The highest BCUT2D eigenvalue weighted by Gasteiger charge is 2.05. The van der Waals surface area contributed by atoms with E-state index in [1.165, 1.54) is 5.57 Å². The number of hydrogen-bond acceptors (Lipinski definition) is 2. The van der Waals surface area contributed by atoms with E-state index in [9.17, 15) is 4.79 Å². The van der Waals surface area contributed by atoms with Gasteiger partial charge in [-0.05, 0) is 50.6 Å². The highest BCUT2D eigenvalue weighted by atomic mass is 16.5. The predicted octanol–water partition coefficient (Wildman–Crippen LogP) is 3.04. The van der Waals surface area contributed by atoms with Crippen LogP contribution in [-0.2, 0) is 0 Å². The fourth-order valence-corrected chi connectivity index (χ4v) is 1.24. The molecule has 0 aliphatic carbocycles. The summed E-state index contributed by atoms with van der Waals surface area (Å²) >= 11 is 0. The van der Waals surface area contributed by atoms with Crippen molar-refractivity contribution in [3.63, 3.8) is 0 Å². The summed E-state index contributed by atoms with van der Waals surface area (Å²) in [6.45, 7) is 6.35. The number of rotatable bonds is 4. The van der Waals surface area contributed by atoms with Crippen molar-refractivity contribution < 1.29 is 14.6 Å². The zero-order valence-corrected chi connectivity index (χ0v) is 9.78. The number of allylic oxidation sites excluding steroid dienone is 1. The van der Waals surface area contributed by atoms with Crippen LogP contribution in [0, 0.1) is 6.92 Å². The average molecular weight is 220 g/mol. The number of carbonyl (C=O) groups is 1. The molecule has 0 fully saturated rings. The zero-order valence-electron chi connectivity index (χ0n) is 9.78. The molecule has 3 heteroatoms. The summed E-state index contributed by atoms with van der Waals surface area (Å²) < 4.78 is 5.51. The normalized spacial score (nSPS) is 9.69. The second kappa shape index (κ2) is 5.35. The summed E-state index contributed by atoms with van der Waals surface area (Å²) in [7, 11) is 0. The van der Waals surface area contributed by atoms with E-state index in [2.05, 4.69) is 0 Å². The van der Waals surface area contributed by atoms with Crippen molar-refractivity contribution in [2.45, 2.75) is 20.8 Å². The summed E-state index contributed by atoms with van der Waals surface area (Å²) in [4.78, 5) is 10.7. The maximum atomic E-state index is 10.7. The lowest BCUT2D eigenvalue weighted by molar-refractivity contribution is 0.0696. The molecule has 16 heavy (non-hydrogen) atoms. The molecule has 1 rings (SSSR count). The lowest BCUT2D eigenvalue weighted by atomic mass is 10.1. The van der Waals surface area contributed by atoms with Crippen LogP contribution in [0.4, 0.5) is 0 Å². The van der Waals surface area contributed by atoms with Gasteiger partial charge in [0.05, 0.1) is 5.56 Å². The van der Waals surface area contributed by atoms with E-state index >= 15 is 0 Å². The quantitative estimate of drug-likeness (QED) is 0.793. The summed E-state index contributed by atoms with van der Waals surface area (Å²) in [6.07, 6.45) is 1.98. The number of carboxylic acids is 1. The number of benzene rings is 1. The molecule has 0 saturated heterocycles. The van der Waals surface area contributed by atoms with Crippen LogP contribution >= 0.6 is 0 Å². The topological polar surface area (TPSA) is 46.5 Å². The Morgan fingerprint density at radius 2 is 2.12 bits per heavy atom. The molecule has 0 atom stereocenters. The minimum absolute atomic E-state index is 0.284. The fourth-order valence-electron chi connectivity index (χ4n) is 1.24. The van der Waals surface area contributed by atoms with Gasteiger partial charge in [-0.1, -0.05) is 5.57 Å². The standard InChI is InChI=1S/C13H16O3/c1-9(2)6-7-16-12-5-4-11(13(14)15)8-10(12)3/h4-6,8H,7H2,1-3H3,(H,14,15). The Kier molecular flexibility index (Phi) is 4.11. The maximum Gasteiger partial charge on any atom is 0.335 e. The van der Waals surface area contributed by atoms with E-state index in [-0.39, 0.29) is 5.56 Å². The molecule has 0 spiro atoms. The third-order valence-corrected chi connectivity index (χ3v) is 2.15. The van der Waals surface area contributed by atoms with Crippen molar-refractivity contribution >= 4 is 5.97 Å². The first-order valence-electron chi connectivity index (χ1n) is 5.11. The zero-order chi connectivity index (χ0) is 12.1. The van der Waals surface area contributed by atoms with Crippen molar-refractivity contribution in [2.75, 3.05) is 6.61 Å². The monoisotopic (exact) mass is 220 g/mol. The second-order valence-corrected chi connectivity index (χ2v) is 3.88. The molecule has 0 aliphatic rings. The van der Waals surface area contributed by atoms with Gasteiger partial charge >= 0.3 is 5.97 Å². The van der Waals surface area contributed by atoms with Crippen LogP contribution in [0.2, 0.25) is 0 Å². The Bertz CT molecular complexity index is 415. The van der Waals surface area contributed by atoms with E-state index in [0.717, 1.165) is 11.3 Å². The molecule has 0 unspecified atom stereocenters. The molecule has 86 valence electrons. The van der Waals surface area contributed by atoms with Crippen molar-refractivity contribution in [3.05, 3.63) is 41.0 Å². The van der Waals surface area contributed by atoms with Crippen LogP contribution < -0.4 is 4.74 Å². The predicted molar refractivity (Wildman–Crippen MR) is 63.1 cm³/mol. The third kappa shape index (κ3) is 3.42. The van der Waals surface area contributed by atoms with Crippen molar-refractivity contribution in [2.24, 2.45) is 0 Å². The molecule has 0 heterocycles. The van der Waals surface area contributed by atoms with Gasteiger partial charge in [-0.25, -0.2) is 4.79 Å². The van der Waals surface area contributed by atoms with Gasteiger partial charge < -0.3 is 9.84 Å². The first-order chi connectivity index (χ1) is 7.50. The van der Waals surface area contributed by atoms with E-state index < -0.39 is 5.97 Å². The maximum absolute atomic E-state index is 10.7. The minimum atomic E-state index is -0.918. The van der Waals surface area contributed by atoms with E-state index in [1.807, 2.05) is 26.8 Å². The molecule has 1 aromatic rings. The summed E-state index contributed by atoms with van der Waals surface area (Å²) in [5.74, 6) is -0.193. The van der Waals surface area contributed by atoms with Gasteiger partial charge in [0, 0.05) is 0 Å². The van der Waals surface area contributed by atoms with Gasteiger partial charge in [0.2, 0.25) is 0 Å². The molecule has 1 N–H and O–H groups in total. The van der Waals surface area contributed by atoms with Gasteiger partial charge in [0.15, 0.2) is 0 Å². The Morgan fingerprint density at radius 1 is 1.44 bits per heavy atom. The Balaban J connectivity index is 2.75. The van der Waals surface area contributed by atoms with Crippen molar-refractivity contribution in [1.82, 2.24) is 0 Å². The highest BCUT2D eigenvalue weighted by molar-refractivity contribution is 5.88. The van der Waals surface area contributed by atoms with Crippen molar-refractivity contribution in [3.8, 4) is 5.75 Å². The van der Waals surface area contributed by atoms with Gasteiger partial charge in [0.1, 0.15) is 12.4 Å². The molecule has 0 bridgehead atoms. The smallest absolute Gasteiger partial charge is 0.335 e. The van der Waals surface area contributed by atoms with Crippen LogP contribution in [0.25, 0.3) is 0 Å². The number of ether oxygens (including phenoxy) is 1. The number of aryl methyl sites for hydroxylation is 1. The van der Waals surface area contributed by atoms with Crippen LogP contribution in [0.3, 0.4) is 0 Å². The third-order valence-electron chi connectivity index (χ3n) is 2.15. The number of aromatic carboxylic acids is 1. The summed E-state index contributed by atoms with van der Waals surface area (Å²) in [5, 5.41) is 8.80. The summed E-state index contributed by atoms with van der Waals surface area (Å²) in [5.41, 5.74) is 2.31. The molecule has 0 amide bonds. The van der Waals surface area contributed by atoms with Crippen molar-refractivity contribution in [1.29, 1.82) is 0 Å². The molecule has 0 aliphatic heterocycles. The van der Waals surface area contributed by atoms with Crippen LogP contribution in [-0.4, -0.2) is 17.7 Å². The van der Waals surface area contributed by atoms with Gasteiger partial charge in [-0.15, -0.1) is 0 Å². The lowest BCUT2D eigenvalue weighted by Gasteiger charge is -2.07. The number of hydrogen-bond donors (Lipinski definition) is 1. The van der Waals surface area contributed by atoms with E-state index in [0.29, 0.717) is 6.61 Å². The SMILES string of the molecule is CC(C)=CCOc1ccc(C(=O)O)cc1C. The first kappa shape index (κ1) is 12.3. The summed E-state index contributed by atoms with van der Waals surface area (Å²) in [6, 6.07) is 4.85. The second-order valence-electron chi connectivity index (χ2n) is 3.88. The largest absolute Gasteiger partial charge is 0.489 e. The van der Waals surface area contributed by atoms with Crippen LogP contribution in [0.5, 0.6) is 5.75 Å². The van der Waals surface area contributed by atoms with E-state index in [4.69, 9.17) is 9.84 Å². The molecule has 0 saturated carbocycles. The van der Waals surface area contributed by atoms with E-state index in [1.54, 1.807) is 18.2 Å². The molecule has 0 aromatic heterocycles. The molecular weight excluding hydrogens is 204 g/mol. The Hall–Kier alpha value is -1.77. The fraction of sp³-hybridized carbons (Fsp3) is 0.308. The minimum Gasteiger partial charge on any atom is -0.489 e. The van der Waals surface area contributed by atoms with Crippen LogP contribution in [0.15, 0.2) is 29.8 Å². The Labute approximate surface area is 95.4 Å². The van der Waals surface area contributed by atoms with Gasteiger partial charge in [-0.3, -0.25) is 0 Å². The molecular formula is C13H16O3. The highest BCUT2D eigenvalue weighted by Crippen LogP contribution is 2.19. The lowest BCUT2D eigenvalue weighted by Crippen LogP contribution is -2.00. The number of carboxylic acid groups (broad SMARTS) is 1. The average Bonchev–Trinajstić information content (AvgIpc) is 2.19. The molecule has 3 nitrogen and oxygen atoms in total.